The number of benzene rings is 2. The molecule has 3 N–H and O–H groups in total. The second-order valence-corrected chi connectivity index (χ2v) is 9.58. The van der Waals surface area contributed by atoms with Gasteiger partial charge in [-0.1, -0.05) is 24.3 Å². The number of aromatic amines is 1. The summed E-state index contributed by atoms with van der Waals surface area (Å²) in [6.07, 6.45) is 16.8. The van der Waals surface area contributed by atoms with E-state index in [0.717, 1.165) is 64.0 Å². The predicted molar refractivity (Wildman–Crippen MR) is 153 cm³/mol. The first-order valence-corrected chi connectivity index (χ1v) is 12.7. The number of anilines is 1. The van der Waals surface area contributed by atoms with Crippen LogP contribution in [0.3, 0.4) is 0 Å². The van der Waals surface area contributed by atoms with Gasteiger partial charge >= 0.3 is 0 Å². The largest absolute Gasteiger partial charge is 0.383 e. The van der Waals surface area contributed by atoms with Gasteiger partial charge in [-0.3, -0.25) is 9.88 Å². The van der Waals surface area contributed by atoms with Crippen LogP contribution in [0.25, 0.3) is 33.2 Å². The minimum atomic E-state index is -0.241. The number of nitrogens with two attached hydrogens (primary N) is 1. The van der Waals surface area contributed by atoms with Crippen molar-refractivity contribution in [2.75, 3.05) is 18.8 Å². The smallest absolute Gasteiger partial charge is 0.126 e. The number of aromatic nitrogens is 3. The molecule has 0 saturated carbocycles. The van der Waals surface area contributed by atoms with Crippen molar-refractivity contribution in [3.8, 4) is 35.1 Å². The van der Waals surface area contributed by atoms with E-state index in [9.17, 15) is 4.39 Å². The molecule has 1 saturated heterocycles. The topological polar surface area (TPSA) is 70.8 Å². The number of nitrogens with zero attached hydrogens (tertiary/aromatic N) is 3. The normalized spacial score (nSPS) is 13.3. The molecular weight excluding hydrogens is 473 g/mol. The number of likely N-dealkylation sites (tertiary alicyclic amines) is 1. The summed E-state index contributed by atoms with van der Waals surface area (Å²) in [6.45, 7) is 3.24. The van der Waals surface area contributed by atoms with Gasteiger partial charge in [-0.2, -0.15) is 0 Å². The molecule has 38 heavy (non-hydrogen) atoms. The Morgan fingerprint density at radius 1 is 0.895 bits per heavy atom. The first-order chi connectivity index (χ1) is 18.6. The first kappa shape index (κ1) is 25.2. The van der Waals surface area contributed by atoms with Crippen LogP contribution in [0.1, 0.15) is 29.7 Å². The summed E-state index contributed by atoms with van der Waals surface area (Å²) < 4.78 is 13.9. The molecule has 0 radical (unpaired) electrons. The Hall–Kier alpha value is -4.47. The lowest BCUT2D eigenvalue weighted by Crippen LogP contribution is -2.18. The summed E-state index contributed by atoms with van der Waals surface area (Å²) >= 11 is 0. The zero-order valence-corrected chi connectivity index (χ0v) is 21.2. The van der Waals surface area contributed by atoms with Crippen molar-refractivity contribution in [2.45, 2.75) is 25.8 Å². The summed E-state index contributed by atoms with van der Waals surface area (Å²) in [7, 11) is 0. The molecule has 2 aromatic carbocycles. The van der Waals surface area contributed by atoms with Gasteiger partial charge in [-0.15, -0.1) is 12.8 Å². The summed E-state index contributed by atoms with van der Waals surface area (Å²) in [6, 6.07) is 19.2. The van der Waals surface area contributed by atoms with Crippen molar-refractivity contribution >= 4 is 16.7 Å². The fourth-order valence-electron chi connectivity index (χ4n) is 5.17. The molecule has 6 heteroatoms. The molecule has 0 aliphatic carbocycles. The maximum atomic E-state index is 13.9. The maximum absolute atomic E-state index is 13.9. The van der Waals surface area contributed by atoms with E-state index in [1.807, 2.05) is 42.9 Å². The number of nitrogen functional groups attached to an aromatic ring is 1. The SMILES string of the molecule is C#C.Nc1ncc(-c2cncc(CN3CCCC3)c2)cc1Cc1cc2c(-c3cccc(F)c3)cccc2[nH]1. The lowest BCUT2D eigenvalue weighted by atomic mass is 10.0. The number of hydrogen-bond donors (Lipinski definition) is 2. The molecule has 0 bridgehead atoms. The summed E-state index contributed by atoms with van der Waals surface area (Å²) in [5.41, 5.74) is 14.4. The molecule has 0 atom stereocenters. The van der Waals surface area contributed by atoms with E-state index in [0.29, 0.717) is 12.2 Å². The van der Waals surface area contributed by atoms with Crippen molar-refractivity contribution in [3.63, 3.8) is 0 Å². The number of hydrogen-bond acceptors (Lipinski definition) is 4. The van der Waals surface area contributed by atoms with Crippen LogP contribution in [0.4, 0.5) is 10.2 Å². The molecule has 190 valence electrons. The quantitative estimate of drug-likeness (QED) is 0.261. The highest BCUT2D eigenvalue weighted by Gasteiger charge is 2.14. The molecule has 6 rings (SSSR count). The monoisotopic (exact) mass is 503 g/mol. The van der Waals surface area contributed by atoms with Crippen LogP contribution in [0, 0.1) is 18.7 Å². The van der Waals surface area contributed by atoms with Crippen LogP contribution in [0.15, 0.2) is 79.3 Å². The third kappa shape index (κ3) is 5.44. The molecule has 0 amide bonds. The number of nitrogens with one attached hydrogen (secondary N) is 1. The minimum Gasteiger partial charge on any atom is -0.383 e. The Bertz CT molecular complexity index is 1580. The van der Waals surface area contributed by atoms with Crippen LogP contribution in [0.2, 0.25) is 0 Å². The van der Waals surface area contributed by atoms with Crippen molar-refractivity contribution < 1.29 is 4.39 Å². The average molecular weight is 504 g/mol. The fourth-order valence-corrected chi connectivity index (χ4v) is 5.17. The van der Waals surface area contributed by atoms with E-state index in [1.165, 1.54) is 24.5 Å². The Kier molecular flexibility index (Phi) is 7.48. The zero-order valence-electron chi connectivity index (χ0n) is 21.2. The summed E-state index contributed by atoms with van der Waals surface area (Å²) in [5, 5.41) is 1.06. The third-order valence-electron chi connectivity index (χ3n) is 6.97. The Labute approximate surface area is 222 Å². The van der Waals surface area contributed by atoms with Crippen LogP contribution < -0.4 is 5.73 Å². The molecule has 4 heterocycles. The van der Waals surface area contributed by atoms with Crippen molar-refractivity contribution in [1.82, 2.24) is 19.9 Å². The standard InChI is InChI=1S/C30H28FN5.C2H2/c31-25-6-3-5-21(13-25)27-7-4-8-29-28(27)15-26(35-29)14-22-12-24(18-34-30(22)32)23-11-20(16-33-17-23)19-36-9-1-2-10-36;1-2/h3-8,11-13,15-18,35H,1-2,9-10,14,19H2,(H2,32,34);1-2H. The lowest BCUT2D eigenvalue weighted by Gasteiger charge is -2.15. The Morgan fingerprint density at radius 3 is 2.50 bits per heavy atom. The molecule has 1 aliphatic heterocycles. The van der Waals surface area contributed by atoms with E-state index >= 15 is 0 Å². The average Bonchev–Trinajstić information content (AvgIpc) is 3.60. The molecule has 0 unspecified atom stereocenters. The fraction of sp³-hybridized carbons (Fsp3) is 0.188. The van der Waals surface area contributed by atoms with Crippen LogP contribution >= 0.6 is 0 Å². The van der Waals surface area contributed by atoms with Gasteiger partial charge in [0.1, 0.15) is 11.6 Å². The van der Waals surface area contributed by atoms with Gasteiger partial charge < -0.3 is 10.7 Å². The van der Waals surface area contributed by atoms with Gasteiger partial charge in [-0.05, 0) is 79.0 Å². The molecule has 1 fully saturated rings. The van der Waals surface area contributed by atoms with Gasteiger partial charge in [0.2, 0.25) is 0 Å². The second-order valence-electron chi connectivity index (χ2n) is 9.58. The van der Waals surface area contributed by atoms with E-state index < -0.39 is 0 Å². The zero-order chi connectivity index (χ0) is 26.5. The second kappa shape index (κ2) is 11.3. The van der Waals surface area contributed by atoms with E-state index in [4.69, 9.17) is 5.73 Å². The van der Waals surface area contributed by atoms with Crippen molar-refractivity contribution in [1.29, 1.82) is 0 Å². The molecule has 5 nitrogen and oxygen atoms in total. The van der Waals surface area contributed by atoms with E-state index in [2.05, 4.69) is 50.9 Å². The first-order valence-electron chi connectivity index (χ1n) is 12.7. The Morgan fingerprint density at radius 2 is 1.68 bits per heavy atom. The number of pyridine rings is 2. The van der Waals surface area contributed by atoms with Crippen LogP contribution in [-0.2, 0) is 13.0 Å². The highest BCUT2D eigenvalue weighted by molar-refractivity contribution is 5.95. The van der Waals surface area contributed by atoms with Crippen molar-refractivity contribution in [3.05, 3.63) is 102 Å². The summed E-state index contributed by atoms with van der Waals surface area (Å²) in [5.74, 6) is 0.277. The highest BCUT2D eigenvalue weighted by atomic mass is 19.1. The number of H-pyrrole nitrogens is 1. The van der Waals surface area contributed by atoms with Gasteiger partial charge in [0.25, 0.3) is 0 Å². The number of rotatable bonds is 6. The molecule has 0 spiro atoms. The molecule has 5 aromatic rings. The minimum absolute atomic E-state index is 0.241. The highest BCUT2D eigenvalue weighted by Crippen LogP contribution is 2.31. The van der Waals surface area contributed by atoms with Gasteiger partial charge in [0.05, 0.1) is 0 Å². The Balaban J connectivity index is 0.00000144. The van der Waals surface area contributed by atoms with E-state index in [1.54, 1.807) is 12.1 Å². The van der Waals surface area contributed by atoms with Crippen molar-refractivity contribution in [2.24, 2.45) is 0 Å². The summed E-state index contributed by atoms with van der Waals surface area (Å²) in [4.78, 5) is 15.0. The van der Waals surface area contributed by atoms with Gasteiger partial charge in [0.15, 0.2) is 0 Å². The number of fused-ring (bicyclic) bond motifs is 1. The van der Waals surface area contributed by atoms with E-state index in [-0.39, 0.29) is 5.82 Å². The lowest BCUT2D eigenvalue weighted by molar-refractivity contribution is 0.331. The molecule has 1 aliphatic rings. The van der Waals surface area contributed by atoms with Gasteiger partial charge in [-0.25, -0.2) is 9.37 Å². The number of halogens is 1. The molecule has 3 aromatic heterocycles. The molecular formula is C32H30FN5. The third-order valence-corrected chi connectivity index (χ3v) is 6.97. The maximum Gasteiger partial charge on any atom is 0.126 e. The number of terminal acetylenes is 1. The van der Waals surface area contributed by atoms with Crippen LogP contribution in [0.5, 0.6) is 0 Å². The van der Waals surface area contributed by atoms with Crippen LogP contribution in [-0.4, -0.2) is 32.9 Å². The van der Waals surface area contributed by atoms with Gasteiger partial charge in [0, 0.05) is 64.8 Å². The predicted octanol–water partition coefficient (Wildman–Crippen LogP) is 6.45.